The largest absolute Gasteiger partial charge is 0.484 e. The van der Waals surface area contributed by atoms with E-state index in [1.807, 2.05) is 31.2 Å². The van der Waals surface area contributed by atoms with Crippen molar-refractivity contribution in [3.8, 4) is 5.75 Å². The molecule has 1 saturated carbocycles. The lowest BCUT2D eigenvalue weighted by atomic mass is 9.83. The molecule has 170 valence electrons. The van der Waals surface area contributed by atoms with Gasteiger partial charge in [-0.2, -0.15) is 0 Å². The van der Waals surface area contributed by atoms with Gasteiger partial charge in [-0.05, 0) is 49.3 Å². The number of halogens is 1. The van der Waals surface area contributed by atoms with E-state index in [0.717, 1.165) is 31.1 Å². The number of nitrogens with one attached hydrogen (secondary N) is 3. The van der Waals surface area contributed by atoms with Gasteiger partial charge in [0.05, 0.1) is 0 Å². The highest BCUT2D eigenvalue weighted by Gasteiger charge is 2.33. The second-order valence-corrected chi connectivity index (χ2v) is 7.62. The highest BCUT2D eigenvalue weighted by molar-refractivity contribution is 14.0. The third kappa shape index (κ3) is 9.07. The average Bonchev–Trinajstić information content (AvgIpc) is 3.20. The third-order valence-electron chi connectivity index (χ3n) is 5.46. The smallest absolute Gasteiger partial charge is 0.257 e. The zero-order valence-electron chi connectivity index (χ0n) is 18.5. The maximum absolute atomic E-state index is 11.5. The predicted octanol–water partition coefficient (Wildman–Crippen LogP) is 3.08. The number of carbonyl (C=O) groups excluding carboxylic acids is 1. The normalized spacial score (nSPS) is 15.2. The van der Waals surface area contributed by atoms with Gasteiger partial charge in [0.25, 0.3) is 5.91 Å². The van der Waals surface area contributed by atoms with E-state index in [1.165, 1.54) is 25.7 Å². The first kappa shape index (κ1) is 26.5. The second-order valence-electron chi connectivity index (χ2n) is 7.62. The van der Waals surface area contributed by atoms with Crippen molar-refractivity contribution in [1.29, 1.82) is 0 Å². The van der Waals surface area contributed by atoms with Crippen LogP contribution in [0, 0.1) is 5.41 Å². The molecule has 0 unspecified atom stereocenters. The Balaban J connectivity index is 0.00000450. The summed E-state index contributed by atoms with van der Waals surface area (Å²) in [6.07, 6.45) is 6.15. The molecule has 1 aromatic carbocycles. The molecule has 0 atom stereocenters. The number of amides is 1. The molecule has 1 aliphatic rings. The third-order valence-corrected chi connectivity index (χ3v) is 5.46. The van der Waals surface area contributed by atoms with Crippen molar-refractivity contribution in [2.45, 2.75) is 45.6 Å². The highest BCUT2D eigenvalue weighted by atomic mass is 127. The first-order valence-corrected chi connectivity index (χ1v) is 10.5. The Morgan fingerprint density at radius 3 is 2.63 bits per heavy atom. The molecule has 0 heterocycles. The molecule has 0 aliphatic heterocycles. The van der Waals surface area contributed by atoms with Crippen molar-refractivity contribution in [2.75, 3.05) is 40.5 Å². The summed E-state index contributed by atoms with van der Waals surface area (Å²) in [5.74, 6) is 1.36. The lowest BCUT2D eigenvalue weighted by Crippen LogP contribution is -2.43. The number of likely N-dealkylation sites (N-methyl/N-ethyl adjacent to an activating group) is 1. The minimum atomic E-state index is -0.116. The summed E-state index contributed by atoms with van der Waals surface area (Å²) >= 11 is 0. The van der Waals surface area contributed by atoms with Gasteiger partial charge >= 0.3 is 0 Å². The molecule has 8 heteroatoms. The fraction of sp³-hybridized carbons (Fsp3) is 0.636. The van der Waals surface area contributed by atoms with Gasteiger partial charge in [0, 0.05) is 40.4 Å². The van der Waals surface area contributed by atoms with E-state index in [0.29, 0.717) is 24.3 Å². The molecule has 1 fully saturated rings. The van der Waals surface area contributed by atoms with Crippen LogP contribution in [0.3, 0.4) is 0 Å². The SMILES string of the molecule is CCNC(=O)COc1cccc(CNC(=NC)NCC2(CCOC)CCCC2)c1.I. The topological polar surface area (TPSA) is 84.0 Å². The van der Waals surface area contributed by atoms with E-state index in [4.69, 9.17) is 9.47 Å². The molecular formula is C22H37IN4O3. The molecule has 0 bridgehead atoms. The Hall–Kier alpha value is -1.55. The van der Waals surface area contributed by atoms with Crippen LogP contribution < -0.4 is 20.7 Å². The molecule has 0 saturated heterocycles. The van der Waals surface area contributed by atoms with Crippen molar-refractivity contribution >= 4 is 35.8 Å². The Morgan fingerprint density at radius 1 is 1.20 bits per heavy atom. The number of methoxy groups -OCH3 is 1. The molecule has 1 aliphatic carbocycles. The van der Waals surface area contributed by atoms with Crippen LogP contribution in [-0.2, 0) is 16.1 Å². The van der Waals surface area contributed by atoms with Crippen LogP contribution in [0.25, 0.3) is 0 Å². The monoisotopic (exact) mass is 532 g/mol. The summed E-state index contributed by atoms with van der Waals surface area (Å²) in [5, 5.41) is 9.59. The number of ether oxygens (including phenoxy) is 2. The van der Waals surface area contributed by atoms with Crippen LogP contribution >= 0.6 is 24.0 Å². The summed E-state index contributed by atoms with van der Waals surface area (Å²) in [6.45, 7) is 4.85. The lowest BCUT2D eigenvalue weighted by Gasteiger charge is -2.30. The molecule has 3 N–H and O–H groups in total. The van der Waals surface area contributed by atoms with Crippen molar-refractivity contribution in [1.82, 2.24) is 16.0 Å². The van der Waals surface area contributed by atoms with E-state index in [1.54, 1.807) is 14.2 Å². The fourth-order valence-corrected chi connectivity index (χ4v) is 3.78. The predicted molar refractivity (Wildman–Crippen MR) is 132 cm³/mol. The van der Waals surface area contributed by atoms with Crippen molar-refractivity contribution < 1.29 is 14.3 Å². The molecule has 2 rings (SSSR count). The van der Waals surface area contributed by atoms with Gasteiger partial charge < -0.3 is 25.4 Å². The zero-order valence-corrected chi connectivity index (χ0v) is 20.8. The van der Waals surface area contributed by atoms with Gasteiger partial charge in [-0.25, -0.2) is 0 Å². The number of rotatable bonds is 11. The van der Waals surface area contributed by atoms with Crippen LogP contribution in [0.5, 0.6) is 5.75 Å². The molecule has 7 nitrogen and oxygen atoms in total. The zero-order chi connectivity index (χ0) is 21.0. The van der Waals surface area contributed by atoms with Crippen molar-refractivity contribution in [3.63, 3.8) is 0 Å². The molecule has 0 spiro atoms. The van der Waals surface area contributed by atoms with Crippen LogP contribution in [-0.4, -0.2) is 52.3 Å². The highest BCUT2D eigenvalue weighted by Crippen LogP contribution is 2.40. The number of hydrogen-bond donors (Lipinski definition) is 3. The van der Waals surface area contributed by atoms with Gasteiger partial charge in [0.2, 0.25) is 0 Å². The Labute approximate surface area is 197 Å². The lowest BCUT2D eigenvalue weighted by molar-refractivity contribution is -0.122. The minimum Gasteiger partial charge on any atom is -0.484 e. The summed E-state index contributed by atoms with van der Waals surface area (Å²) in [5.41, 5.74) is 1.37. The van der Waals surface area contributed by atoms with E-state index in [-0.39, 0.29) is 36.5 Å². The van der Waals surface area contributed by atoms with Gasteiger partial charge in [-0.3, -0.25) is 9.79 Å². The van der Waals surface area contributed by atoms with Crippen molar-refractivity contribution in [3.05, 3.63) is 29.8 Å². The quantitative estimate of drug-likeness (QED) is 0.232. The minimum absolute atomic E-state index is 0. The number of hydrogen-bond acceptors (Lipinski definition) is 4. The summed E-state index contributed by atoms with van der Waals surface area (Å²) in [6, 6.07) is 7.75. The van der Waals surface area contributed by atoms with Crippen molar-refractivity contribution in [2.24, 2.45) is 10.4 Å². The van der Waals surface area contributed by atoms with Gasteiger partial charge in [-0.15, -0.1) is 24.0 Å². The van der Waals surface area contributed by atoms with Crippen LogP contribution in [0.2, 0.25) is 0 Å². The van der Waals surface area contributed by atoms with Crippen LogP contribution in [0.4, 0.5) is 0 Å². The average molecular weight is 532 g/mol. The molecular weight excluding hydrogens is 495 g/mol. The second kappa shape index (κ2) is 14.5. The molecule has 1 aromatic rings. The molecule has 30 heavy (non-hydrogen) atoms. The first-order chi connectivity index (χ1) is 14.1. The van der Waals surface area contributed by atoms with E-state index >= 15 is 0 Å². The Bertz CT molecular complexity index is 664. The summed E-state index contributed by atoms with van der Waals surface area (Å²) in [4.78, 5) is 15.9. The summed E-state index contributed by atoms with van der Waals surface area (Å²) < 4.78 is 10.9. The molecule has 1 amide bonds. The van der Waals surface area contributed by atoms with E-state index < -0.39 is 0 Å². The first-order valence-electron chi connectivity index (χ1n) is 10.5. The van der Waals surface area contributed by atoms with Crippen LogP contribution in [0.1, 0.15) is 44.6 Å². The number of nitrogens with zero attached hydrogens (tertiary/aromatic N) is 1. The maximum Gasteiger partial charge on any atom is 0.257 e. The maximum atomic E-state index is 11.5. The standard InChI is InChI=1S/C22H36N4O3.HI/c1-4-24-20(27)16-29-19-9-7-8-18(14-19)15-25-21(23-2)26-17-22(12-13-28-3)10-5-6-11-22;/h7-9,14H,4-6,10-13,15-17H2,1-3H3,(H,24,27)(H2,23,25,26);1H. The Kier molecular flexibility index (Phi) is 12.8. The number of benzene rings is 1. The van der Waals surface area contributed by atoms with Gasteiger partial charge in [0.1, 0.15) is 5.75 Å². The van der Waals surface area contributed by atoms with Gasteiger partial charge in [0.15, 0.2) is 12.6 Å². The van der Waals surface area contributed by atoms with E-state index in [9.17, 15) is 4.79 Å². The number of carbonyl (C=O) groups is 1. The number of guanidine groups is 1. The molecule has 0 aromatic heterocycles. The number of aliphatic imine (C=N–C) groups is 1. The summed E-state index contributed by atoms with van der Waals surface area (Å²) in [7, 11) is 3.56. The fourth-order valence-electron chi connectivity index (χ4n) is 3.78. The molecule has 0 radical (unpaired) electrons. The van der Waals surface area contributed by atoms with Crippen LogP contribution in [0.15, 0.2) is 29.3 Å². The van der Waals surface area contributed by atoms with E-state index in [2.05, 4.69) is 20.9 Å². The Morgan fingerprint density at radius 2 is 1.97 bits per heavy atom. The van der Waals surface area contributed by atoms with Gasteiger partial charge in [-0.1, -0.05) is 25.0 Å².